The number of nitrogens with zero attached hydrogens (tertiary/aromatic N) is 2. The van der Waals surface area contributed by atoms with Crippen molar-refractivity contribution in [2.45, 2.75) is 44.3 Å². The highest BCUT2D eigenvalue weighted by atomic mass is 16.2. The molecule has 8 nitrogen and oxygen atoms in total. The Morgan fingerprint density at radius 3 is 2.19 bits per heavy atom. The van der Waals surface area contributed by atoms with Gasteiger partial charge in [0.25, 0.3) is 5.91 Å². The molecule has 2 aromatic carbocycles. The van der Waals surface area contributed by atoms with Crippen LogP contribution in [0.15, 0.2) is 60.7 Å². The maximum absolute atomic E-state index is 13.2. The van der Waals surface area contributed by atoms with E-state index in [1.165, 1.54) is 4.90 Å². The molecule has 1 aliphatic heterocycles. The molecule has 0 bridgehead atoms. The van der Waals surface area contributed by atoms with Crippen LogP contribution in [0.25, 0.3) is 0 Å². The first-order chi connectivity index (χ1) is 15.5. The zero-order chi connectivity index (χ0) is 22.5. The molecule has 2 fully saturated rings. The summed E-state index contributed by atoms with van der Waals surface area (Å²) in [5.74, 6) is -1.18. The van der Waals surface area contributed by atoms with Crippen molar-refractivity contribution in [3.05, 3.63) is 71.8 Å². The molecular weight excluding hydrogens is 408 g/mol. The number of carbonyl (C=O) groups is 4. The van der Waals surface area contributed by atoms with Gasteiger partial charge in [0.1, 0.15) is 12.6 Å². The molecule has 4 rings (SSSR count). The SMILES string of the molecule is O=C(CN1C(=O)C(c2ccccc2)N(Cc2ccccc2)C1=O)NC(=O)NC1CCCC1. The quantitative estimate of drug-likeness (QED) is 0.683. The third kappa shape index (κ3) is 4.80. The van der Waals surface area contributed by atoms with Gasteiger partial charge in [-0.15, -0.1) is 0 Å². The molecule has 0 spiro atoms. The molecule has 32 heavy (non-hydrogen) atoms. The maximum atomic E-state index is 13.2. The number of hydrogen-bond acceptors (Lipinski definition) is 4. The second-order valence-corrected chi connectivity index (χ2v) is 8.14. The van der Waals surface area contributed by atoms with Gasteiger partial charge < -0.3 is 10.2 Å². The summed E-state index contributed by atoms with van der Waals surface area (Å²) in [5.41, 5.74) is 1.54. The first kappa shape index (κ1) is 21.5. The Kier molecular flexibility index (Phi) is 6.49. The minimum atomic E-state index is -0.830. The van der Waals surface area contributed by atoms with Gasteiger partial charge >= 0.3 is 12.1 Å². The fraction of sp³-hybridized carbons (Fsp3) is 0.333. The van der Waals surface area contributed by atoms with Crippen LogP contribution in [0, 0.1) is 0 Å². The van der Waals surface area contributed by atoms with E-state index in [4.69, 9.17) is 0 Å². The summed E-state index contributed by atoms with van der Waals surface area (Å²) in [6.07, 6.45) is 3.87. The van der Waals surface area contributed by atoms with Crippen molar-refractivity contribution in [2.24, 2.45) is 0 Å². The molecule has 8 heteroatoms. The van der Waals surface area contributed by atoms with Crippen molar-refractivity contribution < 1.29 is 19.2 Å². The lowest BCUT2D eigenvalue weighted by molar-refractivity contribution is -0.132. The lowest BCUT2D eigenvalue weighted by Gasteiger charge is -2.22. The van der Waals surface area contributed by atoms with Crippen molar-refractivity contribution >= 4 is 23.9 Å². The number of hydrogen-bond donors (Lipinski definition) is 2. The minimum Gasteiger partial charge on any atom is -0.335 e. The Hall–Kier alpha value is -3.68. The zero-order valence-corrected chi connectivity index (χ0v) is 17.7. The molecular formula is C24H26N4O4. The van der Waals surface area contributed by atoms with Gasteiger partial charge in [-0.1, -0.05) is 73.5 Å². The topological polar surface area (TPSA) is 98.8 Å². The number of carbonyl (C=O) groups excluding carboxylic acids is 4. The monoisotopic (exact) mass is 434 g/mol. The number of nitrogens with one attached hydrogen (secondary N) is 2. The Balaban J connectivity index is 1.48. The first-order valence-corrected chi connectivity index (χ1v) is 10.8. The molecule has 6 amide bonds. The molecule has 1 heterocycles. The number of imide groups is 2. The van der Waals surface area contributed by atoms with Gasteiger partial charge in [0.2, 0.25) is 5.91 Å². The van der Waals surface area contributed by atoms with Crippen LogP contribution in [0.3, 0.4) is 0 Å². The fourth-order valence-electron chi connectivity index (χ4n) is 4.28. The molecule has 1 aliphatic carbocycles. The summed E-state index contributed by atoms with van der Waals surface area (Å²) in [4.78, 5) is 53.3. The molecule has 1 saturated carbocycles. The Morgan fingerprint density at radius 2 is 1.53 bits per heavy atom. The standard InChI is InChI=1S/C24H26N4O4/c29-20(26-23(31)25-19-13-7-8-14-19)16-28-22(30)21(18-11-5-2-6-12-18)27(24(28)32)15-17-9-3-1-4-10-17/h1-6,9-12,19,21H,7-8,13-16H2,(H2,25,26,29,31). The Bertz CT molecular complexity index is 990. The molecule has 1 saturated heterocycles. The highest BCUT2D eigenvalue weighted by Gasteiger charge is 2.46. The van der Waals surface area contributed by atoms with Crippen molar-refractivity contribution in [1.82, 2.24) is 20.4 Å². The maximum Gasteiger partial charge on any atom is 0.328 e. The molecule has 0 aromatic heterocycles. The Labute approximate surface area is 186 Å². The van der Waals surface area contributed by atoms with E-state index in [9.17, 15) is 19.2 Å². The molecule has 1 atom stereocenters. The smallest absolute Gasteiger partial charge is 0.328 e. The van der Waals surface area contributed by atoms with Crippen LogP contribution in [0.2, 0.25) is 0 Å². The third-order valence-electron chi connectivity index (χ3n) is 5.84. The zero-order valence-electron chi connectivity index (χ0n) is 17.7. The first-order valence-electron chi connectivity index (χ1n) is 10.8. The lowest BCUT2D eigenvalue weighted by atomic mass is 10.1. The second kappa shape index (κ2) is 9.64. The minimum absolute atomic E-state index is 0.0571. The predicted octanol–water partition coefficient (Wildman–Crippen LogP) is 2.96. The molecule has 2 aliphatic rings. The van der Waals surface area contributed by atoms with E-state index >= 15 is 0 Å². The predicted molar refractivity (Wildman–Crippen MR) is 117 cm³/mol. The fourth-order valence-corrected chi connectivity index (χ4v) is 4.28. The van der Waals surface area contributed by atoms with Crippen LogP contribution < -0.4 is 10.6 Å². The van der Waals surface area contributed by atoms with E-state index in [0.29, 0.717) is 5.56 Å². The van der Waals surface area contributed by atoms with E-state index in [2.05, 4.69) is 10.6 Å². The summed E-state index contributed by atoms with van der Waals surface area (Å²) in [6.45, 7) is -0.282. The van der Waals surface area contributed by atoms with Gasteiger partial charge in [-0.05, 0) is 24.0 Å². The summed E-state index contributed by atoms with van der Waals surface area (Å²) in [5, 5.41) is 5.00. The van der Waals surface area contributed by atoms with Crippen LogP contribution in [-0.2, 0) is 16.1 Å². The number of amides is 6. The Morgan fingerprint density at radius 1 is 0.906 bits per heavy atom. The summed E-state index contributed by atoms with van der Waals surface area (Å²) in [6, 6.07) is 16.4. The number of benzene rings is 2. The molecule has 2 aromatic rings. The molecule has 2 N–H and O–H groups in total. The van der Waals surface area contributed by atoms with Crippen molar-refractivity contribution in [2.75, 3.05) is 6.54 Å². The van der Waals surface area contributed by atoms with Crippen molar-refractivity contribution in [1.29, 1.82) is 0 Å². The van der Waals surface area contributed by atoms with E-state index in [0.717, 1.165) is 36.1 Å². The summed E-state index contributed by atoms with van der Waals surface area (Å²) < 4.78 is 0. The largest absolute Gasteiger partial charge is 0.335 e. The van der Waals surface area contributed by atoms with Crippen LogP contribution in [0.5, 0.6) is 0 Å². The molecule has 1 unspecified atom stereocenters. The van der Waals surface area contributed by atoms with Crippen LogP contribution in [0.4, 0.5) is 9.59 Å². The van der Waals surface area contributed by atoms with Crippen LogP contribution in [0.1, 0.15) is 42.9 Å². The van der Waals surface area contributed by atoms with Gasteiger partial charge in [-0.25, -0.2) is 9.59 Å². The van der Waals surface area contributed by atoms with E-state index in [1.807, 2.05) is 36.4 Å². The summed E-state index contributed by atoms with van der Waals surface area (Å²) >= 11 is 0. The molecule has 166 valence electrons. The third-order valence-corrected chi connectivity index (χ3v) is 5.84. The highest BCUT2D eigenvalue weighted by molar-refractivity contribution is 6.08. The van der Waals surface area contributed by atoms with Gasteiger partial charge in [0.15, 0.2) is 0 Å². The number of urea groups is 2. The van der Waals surface area contributed by atoms with Crippen molar-refractivity contribution in [3.8, 4) is 0 Å². The second-order valence-electron chi connectivity index (χ2n) is 8.14. The summed E-state index contributed by atoms with van der Waals surface area (Å²) in [7, 11) is 0. The highest BCUT2D eigenvalue weighted by Crippen LogP contribution is 2.32. The lowest BCUT2D eigenvalue weighted by Crippen LogP contribution is -2.48. The average molecular weight is 434 g/mol. The van der Waals surface area contributed by atoms with Gasteiger partial charge in [-0.3, -0.25) is 19.8 Å². The normalized spacial score (nSPS) is 18.8. The van der Waals surface area contributed by atoms with Crippen molar-refractivity contribution in [3.63, 3.8) is 0 Å². The van der Waals surface area contributed by atoms with E-state index < -0.39 is 36.5 Å². The van der Waals surface area contributed by atoms with E-state index in [-0.39, 0.29) is 12.6 Å². The van der Waals surface area contributed by atoms with Gasteiger partial charge in [-0.2, -0.15) is 0 Å². The van der Waals surface area contributed by atoms with Crippen LogP contribution in [-0.4, -0.2) is 46.3 Å². The number of rotatable bonds is 6. The average Bonchev–Trinajstić information content (AvgIpc) is 3.37. The van der Waals surface area contributed by atoms with Crippen LogP contribution >= 0.6 is 0 Å². The van der Waals surface area contributed by atoms with E-state index in [1.54, 1.807) is 24.3 Å². The van der Waals surface area contributed by atoms with Gasteiger partial charge in [0.05, 0.1) is 0 Å². The molecule has 0 radical (unpaired) electrons. The van der Waals surface area contributed by atoms with Gasteiger partial charge in [0, 0.05) is 12.6 Å².